The van der Waals surface area contributed by atoms with E-state index in [0.29, 0.717) is 11.3 Å². The summed E-state index contributed by atoms with van der Waals surface area (Å²) in [6.07, 6.45) is 1.47. The van der Waals surface area contributed by atoms with E-state index in [2.05, 4.69) is 0 Å². The number of ether oxygens (including phenoxy) is 1. The third-order valence-electron chi connectivity index (χ3n) is 2.63. The summed E-state index contributed by atoms with van der Waals surface area (Å²) in [6.45, 7) is 0. The molecule has 0 unspecified atom stereocenters. The average Bonchev–Trinajstić information content (AvgIpc) is 2.48. The van der Waals surface area contributed by atoms with Crippen LogP contribution in [0.5, 0.6) is 5.75 Å². The lowest BCUT2D eigenvalue weighted by atomic mass is 10.2. The maximum absolute atomic E-state index is 11.9. The van der Waals surface area contributed by atoms with Gasteiger partial charge >= 0.3 is 0 Å². The summed E-state index contributed by atoms with van der Waals surface area (Å²) >= 11 is 0. The molecule has 4 heteroatoms. The molecule has 0 aliphatic heterocycles. The van der Waals surface area contributed by atoms with Crippen LogP contribution in [0.1, 0.15) is 11.1 Å². The fourth-order valence-electron chi connectivity index (χ4n) is 1.58. The van der Waals surface area contributed by atoms with Crippen LogP contribution >= 0.6 is 0 Å². The minimum atomic E-state index is 0.481. The van der Waals surface area contributed by atoms with Crippen molar-refractivity contribution in [1.82, 2.24) is 0 Å². The van der Waals surface area contributed by atoms with Crippen molar-refractivity contribution in [3.05, 3.63) is 64.9 Å². The van der Waals surface area contributed by atoms with Gasteiger partial charge < -0.3 is 9.94 Å². The van der Waals surface area contributed by atoms with Gasteiger partial charge in [-0.3, -0.25) is 0 Å². The minimum Gasteiger partial charge on any atom is -0.618 e. The van der Waals surface area contributed by atoms with Crippen LogP contribution in [0.4, 0.5) is 5.69 Å². The summed E-state index contributed by atoms with van der Waals surface area (Å²) in [4.78, 5) is 0. The van der Waals surface area contributed by atoms with E-state index in [1.807, 2.05) is 6.07 Å². The number of benzene rings is 2. The Kier molecular flexibility index (Phi) is 3.79. The van der Waals surface area contributed by atoms with E-state index >= 15 is 0 Å². The van der Waals surface area contributed by atoms with E-state index in [1.54, 1.807) is 55.6 Å². The van der Waals surface area contributed by atoms with E-state index in [1.165, 1.54) is 6.21 Å². The van der Waals surface area contributed by atoms with E-state index in [9.17, 15) is 5.21 Å². The van der Waals surface area contributed by atoms with Gasteiger partial charge in [0.1, 0.15) is 5.75 Å². The summed E-state index contributed by atoms with van der Waals surface area (Å²) in [6, 6.07) is 15.6. The molecule has 19 heavy (non-hydrogen) atoms. The van der Waals surface area contributed by atoms with Gasteiger partial charge in [-0.05, 0) is 36.4 Å². The molecule has 0 amide bonds. The smallest absolute Gasteiger partial charge is 0.216 e. The lowest BCUT2D eigenvalue weighted by molar-refractivity contribution is -0.354. The van der Waals surface area contributed by atoms with Crippen LogP contribution < -0.4 is 4.74 Å². The zero-order chi connectivity index (χ0) is 13.7. The molecule has 0 saturated carbocycles. The molecule has 0 bridgehead atoms. The zero-order valence-electron chi connectivity index (χ0n) is 10.4. The largest absolute Gasteiger partial charge is 0.618 e. The highest BCUT2D eigenvalue weighted by molar-refractivity contribution is 5.76. The van der Waals surface area contributed by atoms with Gasteiger partial charge in [-0.2, -0.15) is 10.0 Å². The molecule has 0 heterocycles. The lowest BCUT2D eigenvalue weighted by Crippen LogP contribution is -1.98. The fraction of sp³-hybridized carbons (Fsp3) is 0.0667. The quantitative estimate of drug-likeness (QED) is 0.365. The molecule has 0 aromatic heterocycles. The Morgan fingerprint density at radius 3 is 2.26 bits per heavy atom. The van der Waals surface area contributed by atoms with Crippen LogP contribution in [0.25, 0.3) is 0 Å². The molecule has 0 aliphatic carbocycles. The monoisotopic (exact) mass is 252 g/mol. The summed E-state index contributed by atoms with van der Waals surface area (Å²) in [7, 11) is 1.59. The second-order valence-electron chi connectivity index (χ2n) is 3.89. The maximum atomic E-state index is 11.9. The molecule has 2 rings (SSSR count). The molecular formula is C15H12N2O2. The summed E-state index contributed by atoms with van der Waals surface area (Å²) in [5.41, 5.74) is 1.79. The van der Waals surface area contributed by atoms with Gasteiger partial charge in [0.15, 0.2) is 6.21 Å². The first kappa shape index (κ1) is 12.7. The van der Waals surface area contributed by atoms with Gasteiger partial charge in [-0.1, -0.05) is 0 Å². The van der Waals surface area contributed by atoms with Crippen molar-refractivity contribution < 1.29 is 9.48 Å². The van der Waals surface area contributed by atoms with Gasteiger partial charge in [0.05, 0.1) is 18.7 Å². The van der Waals surface area contributed by atoms with Crippen molar-refractivity contribution in [2.24, 2.45) is 0 Å². The molecule has 94 valence electrons. The number of hydrogen-bond acceptors (Lipinski definition) is 3. The highest BCUT2D eigenvalue weighted by atomic mass is 16.5. The number of hydrogen-bond donors (Lipinski definition) is 0. The molecule has 2 aromatic carbocycles. The van der Waals surface area contributed by atoms with Crippen molar-refractivity contribution in [3.8, 4) is 11.8 Å². The van der Waals surface area contributed by atoms with Crippen LogP contribution in [-0.4, -0.2) is 18.1 Å². The van der Waals surface area contributed by atoms with Gasteiger partial charge in [-0.25, -0.2) is 0 Å². The number of methoxy groups -OCH3 is 1. The fourth-order valence-corrected chi connectivity index (χ4v) is 1.58. The normalized spacial score (nSPS) is 10.8. The highest BCUT2D eigenvalue weighted by Gasteiger charge is 2.02. The Bertz CT molecular complexity index is 623. The van der Waals surface area contributed by atoms with E-state index < -0.39 is 0 Å². The molecule has 0 spiro atoms. The summed E-state index contributed by atoms with van der Waals surface area (Å²) < 4.78 is 5.81. The lowest BCUT2D eigenvalue weighted by Gasteiger charge is -2.03. The van der Waals surface area contributed by atoms with Crippen molar-refractivity contribution >= 4 is 11.9 Å². The Morgan fingerprint density at radius 2 is 1.74 bits per heavy atom. The molecule has 0 atom stereocenters. The molecule has 0 aliphatic rings. The Balaban J connectivity index is 2.23. The van der Waals surface area contributed by atoms with Crippen LogP contribution in [-0.2, 0) is 0 Å². The molecule has 0 saturated heterocycles. The molecule has 0 radical (unpaired) electrons. The predicted molar refractivity (Wildman–Crippen MR) is 72.6 cm³/mol. The van der Waals surface area contributed by atoms with Crippen LogP contribution in [0.2, 0.25) is 0 Å². The molecule has 0 N–H and O–H groups in total. The number of nitrogens with zero attached hydrogens (tertiary/aromatic N) is 2. The first-order valence-corrected chi connectivity index (χ1v) is 5.68. The van der Waals surface area contributed by atoms with Gasteiger partial charge in [0.25, 0.3) is 0 Å². The van der Waals surface area contributed by atoms with Crippen LogP contribution in [0, 0.1) is 16.5 Å². The Labute approximate surface area is 111 Å². The van der Waals surface area contributed by atoms with Crippen LogP contribution in [0.3, 0.4) is 0 Å². The van der Waals surface area contributed by atoms with Crippen LogP contribution in [0.15, 0.2) is 48.5 Å². The van der Waals surface area contributed by atoms with E-state index in [4.69, 9.17) is 10.00 Å². The van der Waals surface area contributed by atoms with E-state index in [-0.39, 0.29) is 0 Å². The van der Waals surface area contributed by atoms with Crippen molar-refractivity contribution in [2.75, 3.05) is 7.11 Å². The zero-order valence-corrected chi connectivity index (χ0v) is 10.4. The van der Waals surface area contributed by atoms with E-state index in [0.717, 1.165) is 16.1 Å². The Morgan fingerprint density at radius 1 is 1.11 bits per heavy atom. The third-order valence-corrected chi connectivity index (χ3v) is 2.63. The van der Waals surface area contributed by atoms with Crippen molar-refractivity contribution in [3.63, 3.8) is 0 Å². The standard InChI is InChI=1S/C15H12N2O2/c1-19-15-8-4-13(5-9-15)11-17(18)14-6-2-12(10-16)3-7-14/h2-9,11H,1H3/b17-11-. The predicted octanol–water partition coefficient (Wildman–Crippen LogP) is 2.83. The van der Waals surface area contributed by atoms with Crippen molar-refractivity contribution in [2.45, 2.75) is 0 Å². The third kappa shape index (κ3) is 3.11. The maximum Gasteiger partial charge on any atom is 0.216 e. The number of rotatable bonds is 3. The van der Waals surface area contributed by atoms with Gasteiger partial charge in [0, 0.05) is 17.7 Å². The second-order valence-corrected chi connectivity index (χ2v) is 3.89. The Hall–Kier alpha value is -2.80. The molecule has 4 nitrogen and oxygen atoms in total. The van der Waals surface area contributed by atoms with Gasteiger partial charge in [0.2, 0.25) is 5.69 Å². The molecule has 0 fully saturated rings. The molecular weight excluding hydrogens is 240 g/mol. The minimum absolute atomic E-state index is 0.481. The second kappa shape index (κ2) is 5.69. The summed E-state index contributed by atoms with van der Waals surface area (Å²) in [5, 5.41) is 20.6. The number of nitriles is 1. The first-order valence-electron chi connectivity index (χ1n) is 5.68. The SMILES string of the molecule is COc1ccc(/C=[N+](\[O-])c2ccc(C#N)cc2)cc1. The highest BCUT2D eigenvalue weighted by Crippen LogP contribution is 2.13. The van der Waals surface area contributed by atoms with Crippen molar-refractivity contribution in [1.29, 1.82) is 5.26 Å². The summed E-state index contributed by atoms with van der Waals surface area (Å²) in [5.74, 6) is 0.743. The first-order chi connectivity index (χ1) is 9.22. The molecule has 2 aromatic rings. The van der Waals surface area contributed by atoms with Gasteiger partial charge in [-0.15, -0.1) is 0 Å². The average molecular weight is 252 g/mol. The topological polar surface area (TPSA) is 59.1 Å².